The van der Waals surface area contributed by atoms with E-state index >= 15 is 0 Å². The van der Waals surface area contributed by atoms with Crippen molar-refractivity contribution in [3.05, 3.63) is 24.3 Å². The average Bonchev–Trinajstić information content (AvgIpc) is 2.87. The number of para-hydroxylation sites is 1. The number of rotatable bonds is 3. The molecule has 1 saturated carbocycles. The van der Waals surface area contributed by atoms with Crippen LogP contribution in [0.1, 0.15) is 33.1 Å². The molecule has 0 spiro atoms. The molecule has 112 valence electrons. The molecular formula is C16H22N4O. The van der Waals surface area contributed by atoms with Gasteiger partial charge in [0.05, 0.1) is 5.52 Å². The van der Waals surface area contributed by atoms with Crippen LogP contribution in [0.4, 0.5) is 0 Å². The minimum Gasteiger partial charge on any atom is -0.351 e. The van der Waals surface area contributed by atoms with Crippen molar-refractivity contribution in [3.8, 4) is 0 Å². The van der Waals surface area contributed by atoms with Gasteiger partial charge in [-0.2, -0.15) is 0 Å². The Bertz CT molecular complexity index is 636. The van der Waals surface area contributed by atoms with E-state index in [2.05, 4.69) is 29.5 Å². The van der Waals surface area contributed by atoms with Gasteiger partial charge in [-0.15, -0.1) is 5.10 Å². The first kappa shape index (κ1) is 14.0. The fourth-order valence-electron chi connectivity index (χ4n) is 3.21. The van der Waals surface area contributed by atoms with Crippen LogP contribution in [0.15, 0.2) is 24.3 Å². The quantitative estimate of drug-likeness (QED) is 0.942. The molecule has 0 saturated heterocycles. The standard InChI is InChI=1S/C16H22N4O/c1-11-6-5-8-13(12(11)2)17-16(21)10-20-15-9-4-3-7-14(15)18-19-20/h3-4,7,9,11-13H,5-6,8,10H2,1-2H3,(H,17,21)/t11-,12-,13-/m1/s1. The van der Waals surface area contributed by atoms with Gasteiger partial charge in [-0.05, 0) is 30.4 Å². The second kappa shape index (κ2) is 5.84. The van der Waals surface area contributed by atoms with Crippen molar-refractivity contribution in [1.29, 1.82) is 0 Å². The summed E-state index contributed by atoms with van der Waals surface area (Å²) in [5, 5.41) is 11.3. The third-order valence-electron chi connectivity index (χ3n) is 4.77. The number of carbonyl (C=O) groups excluding carboxylic acids is 1. The molecule has 0 aliphatic heterocycles. The maximum Gasteiger partial charge on any atom is 0.242 e. The van der Waals surface area contributed by atoms with Gasteiger partial charge >= 0.3 is 0 Å². The summed E-state index contributed by atoms with van der Waals surface area (Å²) in [5.74, 6) is 1.24. The van der Waals surface area contributed by atoms with Crippen LogP contribution in [-0.2, 0) is 11.3 Å². The zero-order valence-corrected chi connectivity index (χ0v) is 12.6. The lowest BCUT2D eigenvalue weighted by molar-refractivity contribution is -0.123. The zero-order valence-electron chi connectivity index (χ0n) is 12.6. The Morgan fingerprint density at radius 3 is 3.00 bits per heavy atom. The van der Waals surface area contributed by atoms with Gasteiger partial charge < -0.3 is 5.32 Å². The van der Waals surface area contributed by atoms with E-state index in [-0.39, 0.29) is 18.5 Å². The van der Waals surface area contributed by atoms with E-state index in [1.165, 1.54) is 12.8 Å². The van der Waals surface area contributed by atoms with E-state index in [0.717, 1.165) is 17.5 Å². The molecule has 1 N–H and O–H groups in total. The second-order valence-corrected chi connectivity index (χ2v) is 6.18. The molecule has 3 rings (SSSR count). The normalized spacial score (nSPS) is 25.9. The van der Waals surface area contributed by atoms with Crippen molar-refractivity contribution >= 4 is 16.9 Å². The number of fused-ring (bicyclic) bond motifs is 1. The molecule has 0 unspecified atom stereocenters. The predicted octanol–water partition coefficient (Wildman–Crippen LogP) is 2.37. The number of amides is 1. The third kappa shape index (κ3) is 2.91. The van der Waals surface area contributed by atoms with E-state index in [9.17, 15) is 4.79 Å². The van der Waals surface area contributed by atoms with Gasteiger partial charge in [-0.3, -0.25) is 4.79 Å². The summed E-state index contributed by atoms with van der Waals surface area (Å²) >= 11 is 0. The van der Waals surface area contributed by atoms with Gasteiger partial charge in [0, 0.05) is 6.04 Å². The summed E-state index contributed by atoms with van der Waals surface area (Å²) in [7, 11) is 0. The van der Waals surface area contributed by atoms with Gasteiger partial charge in [0.15, 0.2) is 0 Å². The van der Waals surface area contributed by atoms with Gasteiger partial charge in [0.2, 0.25) is 5.91 Å². The number of nitrogens with one attached hydrogen (secondary N) is 1. The van der Waals surface area contributed by atoms with E-state index in [4.69, 9.17) is 0 Å². The van der Waals surface area contributed by atoms with Crippen LogP contribution in [0.2, 0.25) is 0 Å². The van der Waals surface area contributed by atoms with Crippen LogP contribution in [0.3, 0.4) is 0 Å². The summed E-state index contributed by atoms with van der Waals surface area (Å²) in [4.78, 5) is 12.3. The molecule has 0 bridgehead atoms. The van der Waals surface area contributed by atoms with Crippen LogP contribution in [0.25, 0.3) is 11.0 Å². The lowest BCUT2D eigenvalue weighted by Gasteiger charge is -2.34. The second-order valence-electron chi connectivity index (χ2n) is 6.18. The lowest BCUT2D eigenvalue weighted by atomic mass is 9.78. The number of hydrogen-bond donors (Lipinski definition) is 1. The Balaban J connectivity index is 1.66. The first-order valence-electron chi connectivity index (χ1n) is 7.73. The maximum absolute atomic E-state index is 12.3. The first-order chi connectivity index (χ1) is 10.1. The van der Waals surface area contributed by atoms with Crippen LogP contribution in [-0.4, -0.2) is 26.9 Å². The molecule has 1 aromatic heterocycles. The summed E-state index contributed by atoms with van der Waals surface area (Å²) in [5.41, 5.74) is 1.72. The molecular weight excluding hydrogens is 264 g/mol. The first-order valence-corrected chi connectivity index (χ1v) is 7.73. The molecule has 1 aliphatic carbocycles. The molecule has 1 fully saturated rings. The molecule has 1 aliphatic rings. The van der Waals surface area contributed by atoms with Crippen molar-refractivity contribution in [3.63, 3.8) is 0 Å². The summed E-state index contributed by atoms with van der Waals surface area (Å²) < 4.78 is 1.67. The number of hydrogen-bond acceptors (Lipinski definition) is 3. The molecule has 1 heterocycles. The molecule has 5 nitrogen and oxygen atoms in total. The summed E-state index contributed by atoms with van der Waals surface area (Å²) in [6, 6.07) is 7.99. The van der Waals surface area contributed by atoms with Crippen LogP contribution < -0.4 is 5.32 Å². The SMILES string of the molecule is C[C@@H]1[C@H](C)CCC[C@H]1NC(=O)Cn1nnc2ccccc21. The van der Waals surface area contributed by atoms with E-state index < -0.39 is 0 Å². The minimum absolute atomic E-state index is 0.0246. The smallest absolute Gasteiger partial charge is 0.242 e. The highest BCUT2D eigenvalue weighted by atomic mass is 16.2. The Kier molecular flexibility index (Phi) is 3.90. The van der Waals surface area contributed by atoms with Gasteiger partial charge in [0.25, 0.3) is 0 Å². The summed E-state index contributed by atoms with van der Waals surface area (Å²) in [6.45, 7) is 4.74. The van der Waals surface area contributed by atoms with Crippen molar-refractivity contribution < 1.29 is 4.79 Å². The predicted molar refractivity (Wildman–Crippen MR) is 81.6 cm³/mol. The maximum atomic E-state index is 12.3. The summed E-state index contributed by atoms with van der Waals surface area (Å²) in [6.07, 6.45) is 3.54. The van der Waals surface area contributed by atoms with Crippen molar-refractivity contribution in [2.75, 3.05) is 0 Å². The van der Waals surface area contributed by atoms with Crippen molar-refractivity contribution in [1.82, 2.24) is 20.3 Å². The molecule has 2 aromatic rings. The Morgan fingerprint density at radius 2 is 2.14 bits per heavy atom. The van der Waals surface area contributed by atoms with Gasteiger partial charge in [-0.25, -0.2) is 4.68 Å². The molecule has 5 heteroatoms. The van der Waals surface area contributed by atoms with Crippen molar-refractivity contribution in [2.24, 2.45) is 11.8 Å². The highest BCUT2D eigenvalue weighted by Gasteiger charge is 2.28. The number of benzene rings is 1. The topological polar surface area (TPSA) is 59.8 Å². The molecule has 1 amide bonds. The monoisotopic (exact) mass is 286 g/mol. The molecule has 21 heavy (non-hydrogen) atoms. The molecule has 3 atom stereocenters. The van der Waals surface area contributed by atoms with E-state index in [1.807, 2.05) is 24.3 Å². The minimum atomic E-state index is 0.0246. The largest absolute Gasteiger partial charge is 0.351 e. The van der Waals surface area contributed by atoms with Crippen LogP contribution in [0, 0.1) is 11.8 Å². The lowest BCUT2D eigenvalue weighted by Crippen LogP contribution is -2.44. The van der Waals surface area contributed by atoms with E-state index in [0.29, 0.717) is 11.8 Å². The van der Waals surface area contributed by atoms with Crippen LogP contribution >= 0.6 is 0 Å². The fourth-order valence-corrected chi connectivity index (χ4v) is 3.21. The Hall–Kier alpha value is -1.91. The van der Waals surface area contributed by atoms with Gasteiger partial charge in [-0.1, -0.05) is 44.0 Å². The van der Waals surface area contributed by atoms with Crippen molar-refractivity contribution in [2.45, 2.75) is 45.7 Å². The molecule has 0 radical (unpaired) electrons. The van der Waals surface area contributed by atoms with E-state index in [1.54, 1.807) is 4.68 Å². The molecule has 1 aromatic carbocycles. The average molecular weight is 286 g/mol. The number of carbonyl (C=O) groups is 1. The van der Waals surface area contributed by atoms with Gasteiger partial charge in [0.1, 0.15) is 12.1 Å². The third-order valence-corrected chi connectivity index (χ3v) is 4.77. The fraction of sp³-hybridized carbons (Fsp3) is 0.562. The highest BCUT2D eigenvalue weighted by molar-refractivity contribution is 5.79. The number of nitrogens with zero attached hydrogens (tertiary/aromatic N) is 3. The Labute approximate surface area is 124 Å². The zero-order chi connectivity index (χ0) is 14.8. The van der Waals surface area contributed by atoms with Crippen LogP contribution in [0.5, 0.6) is 0 Å². The highest BCUT2D eigenvalue weighted by Crippen LogP contribution is 2.29. The number of aromatic nitrogens is 3. The Morgan fingerprint density at radius 1 is 1.33 bits per heavy atom.